The number of fused-ring (bicyclic) bond motifs is 2. The maximum Gasteiger partial charge on any atom is 0.261 e. The standard InChI is InChI=1S/C22H23N3O2S/c1-14(20(26)23-18-13-7-9-15-8-3-4-10-16(15)18)28-22-24-19-12-6-5-11-17(19)21(27)25(22)2/h3-6,8,10-12,14,18H,7,9,13H2,1-2H3,(H,23,26). The van der Waals surface area contributed by atoms with Crippen molar-refractivity contribution >= 4 is 28.6 Å². The Balaban J connectivity index is 1.52. The summed E-state index contributed by atoms with van der Waals surface area (Å²) in [6.45, 7) is 1.86. The maximum atomic E-state index is 12.8. The molecule has 2 aromatic carbocycles. The zero-order valence-electron chi connectivity index (χ0n) is 16.0. The lowest BCUT2D eigenvalue weighted by Crippen LogP contribution is -2.36. The number of nitrogens with zero attached hydrogens (tertiary/aromatic N) is 2. The minimum atomic E-state index is -0.353. The highest BCUT2D eigenvalue weighted by Gasteiger charge is 2.25. The summed E-state index contributed by atoms with van der Waals surface area (Å²) in [5.41, 5.74) is 3.09. The Labute approximate surface area is 168 Å². The van der Waals surface area contributed by atoms with Gasteiger partial charge in [0.2, 0.25) is 5.91 Å². The summed E-state index contributed by atoms with van der Waals surface area (Å²) in [6, 6.07) is 15.7. The lowest BCUT2D eigenvalue weighted by atomic mass is 9.88. The second-order valence-electron chi connectivity index (χ2n) is 7.19. The maximum absolute atomic E-state index is 12.8. The van der Waals surface area contributed by atoms with Gasteiger partial charge in [-0.1, -0.05) is 48.2 Å². The van der Waals surface area contributed by atoms with E-state index >= 15 is 0 Å². The van der Waals surface area contributed by atoms with Gasteiger partial charge in [0.05, 0.1) is 22.2 Å². The first-order valence-corrected chi connectivity index (χ1v) is 10.4. The molecule has 0 radical (unpaired) electrons. The molecule has 28 heavy (non-hydrogen) atoms. The van der Waals surface area contributed by atoms with Gasteiger partial charge in [0.1, 0.15) is 0 Å². The number of para-hydroxylation sites is 1. The Bertz CT molecular complexity index is 1090. The average Bonchev–Trinajstić information content (AvgIpc) is 2.72. The number of benzene rings is 2. The minimum absolute atomic E-state index is 0.0332. The van der Waals surface area contributed by atoms with Crippen LogP contribution in [0, 0.1) is 0 Å². The lowest BCUT2D eigenvalue weighted by Gasteiger charge is -2.27. The van der Waals surface area contributed by atoms with Crippen LogP contribution in [0.2, 0.25) is 0 Å². The number of hydrogen-bond acceptors (Lipinski definition) is 4. The fourth-order valence-electron chi connectivity index (χ4n) is 3.71. The molecular formula is C22H23N3O2S. The fraction of sp³-hybridized carbons (Fsp3) is 0.318. The smallest absolute Gasteiger partial charge is 0.261 e. The quantitative estimate of drug-likeness (QED) is 0.543. The monoisotopic (exact) mass is 393 g/mol. The highest BCUT2D eigenvalue weighted by Crippen LogP contribution is 2.30. The molecule has 0 aliphatic heterocycles. The molecule has 2 atom stereocenters. The van der Waals surface area contributed by atoms with Crippen LogP contribution in [0.15, 0.2) is 58.5 Å². The van der Waals surface area contributed by atoms with E-state index in [1.54, 1.807) is 13.1 Å². The number of hydrogen-bond donors (Lipinski definition) is 1. The van der Waals surface area contributed by atoms with E-state index in [2.05, 4.69) is 22.4 Å². The minimum Gasteiger partial charge on any atom is -0.348 e. The molecule has 1 aliphatic carbocycles. The number of aromatic nitrogens is 2. The highest BCUT2D eigenvalue weighted by atomic mass is 32.2. The van der Waals surface area contributed by atoms with Crippen LogP contribution in [0.4, 0.5) is 0 Å². The van der Waals surface area contributed by atoms with Crippen molar-refractivity contribution in [3.05, 3.63) is 70.0 Å². The summed E-state index contributed by atoms with van der Waals surface area (Å²) in [4.78, 5) is 30.0. The van der Waals surface area contributed by atoms with Gasteiger partial charge in [-0.25, -0.2) is 4.98 Å². The van der Waals surface area contributed by atoms with E-state index in [0.717, 1.165) is 19.3 Å². The molecule has 5 nitrogen and oxygen atoms in total. The van der Waals surface area contributed by atoms with E-state index in [9.17, 15) is 9.59 Å². The third-order valence-corrected chi connectivity index (χ3v) is 6.42. The summed E-state index contributed by atoms with van der Waals surface area (Å²) in [6.07, 6.45) is 3.09. The van der Waals surface area contributed by atoms with E-state index < -0.39 is 0 Å². The molecule has 3 aromatic rings. The first kappa shape index (κ1) is 18.7. The Morgan fingerprint density at radius 1 is 1.21 bits per heavy atom. The van der Waals surface area contributed by atoms with Crippen molar-refractivity contribution in [1.82, 2.24) is 14.9 Å². The molecule has 0 bridgehead atoms. The van der Waals surface area contributed by atoms with E-state index in [1.165, 1.54) is 27.5 Å². The normalized spacial score (nSPS) is 17.1. The molecule has 2 unspecified atom stereocenters. The van der Waals surface area contributed by atoms with Crippen LogP contribution in [-0.4, -0.2) is 20.7 Å². The molecule has 1 aliphatic rings. The molecule has 0 fully saturated rings. The van der Waals surface area contributed by atoms with Crippen molar-refractivity contribution in [3.8, 4) is 0 Å². The molecular weight excluding hydrogens is 370 g/mol. The summed E-state index contributed by atoms with van der Waals surface area (Å²) in [5, 5.41) is 3.98. The average molecular weight is 394 g/mol. The lowest BCUT2D eigenvalue weighted by molar-refractivity contribution is -0.121. The predicted molar refractivity (Wildman–Crippen MR) is 113 cm³/mol. The van der Waals surface area contributed by atoms with Crippen LogP contribution in [-0.2, 0) is 18.3 Å². The number of carbonyl (C=O) groups excluding carboxylic acids is 1. The van der Waals surface area contributed by atoms with Crippen LogP contribution in [0.3, 0.4) is 0 Å². The molecule has 1 heterocycles. The Morgan fingerprint density at radius 2 is 1.96 bits per heavy atom. The molecule has 0 saturated carbocycles. The number of nitrogens with one attached hydrogen (secondary N) is 1. The van der Waals surface area contributed by atoms with Gasteiger partial charge in [-0.2, -0.15) is 0 Å². The Kier molecular flexibility index (Phi) is 5.22. The van der Waals surface area contributed by atoms with E-state index in [4.69, 9.17) is 0 Å². The number of carbonyl (C=O) groups is 1. The molecule has 1 amide bonds. The van der Waals surface area contributed by atoms with Crippen molar-refractivity contribution in [2.45, 2.75) is 42.6 Å². The first-order chi connectivity index (χ1) is 13.5. The van der Waals surface area contributed by atoms with Gasteiger partial charge in [0.25, 0.3) is 5.56 Å². The van der Waals surface area contributed by atoms with Crippen LogP contribution in [0.5, 0.6) is 0 Å². The number of rotatable bonds is 4. The summed E-state index contributed by atoms with van der Waals surface area (Å²) >= 11 is 1.32. The Morgan fingerprint density at radius 3 is 2.82 bits per heavy atom. The number of amides is 1. The van der Waals surface area contributed by atoms with Crippen molar-refractivity contribution < 1.29 is 4.79 Å². The molecule has 6 heteroatoms. The first-order valence-electron chi connectivity index (χ1n) is 9.55. The largest absolute Gasteiger partial charge is 0.348 e. The third kappa shape index (κ3) is 3.56. The third-order valence-electron chi connectivity index (χ3n) is 5.28. The highest BCUT2D eigenvalue weighted by molar-refractivity contribution is 8.00. The zero-order chi connectivity index (χ0) is 19.7. The fourth-order valence-corrected chi connectivity index (χ4v) is 4.59. The Hall–Kier alpha value is -2.60. The number of aryl methyl sites for hydroxylation is 1. The van der Waals surface area contributed by atoms with E-state index in [-0.39, 0.29) is 22.8 Å². The molecule has 1 N–H and O–H groups in total. The van der Waals surface area contributed by atoms with Gasteiger partial charge in [0, 0.05) is 7.05 Å². The van der Waals surface area contributed by atoms with Crippen molar-refractivity contribution in [1.29, 1.82) is 0 Å². The SMILES string of the molecule is CC(Sc1nc2ccccc2c(=O)n1C)C(=O)NC1CCCc2ccccc21. The molecule has 0 saturated heterocycles. The molecule has 144 valence electrons. The summed E-state index contributed by atoms with van der Waals surface area (Å²) < 4.78 is 1.52. The zero-order valence-corrected chi connectivity index (χ0v) is 16.8. The van der Waals surface area contributed by atoms with Crippen molar-refractivity contribution in [3.63, 3.8) is 0 Å². The van der Waals surface area contributed by atoms with Crippen molar-refractivity contribution in [2.24, 2.45) is 7.05 Å². The second-order valence-corrected chi connectivity index (χ2v) is 8.50. The summed E-state index contributed by atoms with van der Waals surface area (Å²) in [7, 11) is 1.70. The number of thioether (sulfide) groups is 1. The van der Waals surface area contributed by atoms with Gasteiger partial charge in [0.15, 0.2) is 5.16 Å². The van der Waals surface area contributed by atoms with Gasteiger partial charge in [-0.15, -0.1) is 0 Å². The van der Waals surface area contributed by atoms with E-state index in [1.807, 2.05) is 37.3 Å². The van der Waals surface area contributed by atoms with Gasteiger partial charge in [-0.05, 0) is 49.4 Å². The van der Waals surface area contributed by atoms with Crippen LogP contribution in [0.25, 0.3) is 10.9 Å². The van der Waals surface area contributed by atoms with Crippen LogP contribution >= 0.6 is 11.8 Å². The second kappa shape index (κ2) is 7.80. The summed E-state index contributed by atoms with van der Waals surface area (Å²) in [5.74, 6) is -0.0332. The van der Waals surface area contributed by atoms with Gasteiger partial charge >= 0.3 is 0 Å². The van der Waals surface area contributed by atoms with Gasteiger partial charge < -0.3 is 5.32 Å². The van der Waals surface area contributed by atoms with E-state index in [0.29, 0.717) is 16.1 Å². The van der Waals surface area contributed by atoms with Crippen LogP contribution in [0.1, 0.15) is 36.9 Å². The predicted octanol–water partition coefficient (Wildman–Crippen LogP) is 3.61. The molecule has 1 aromatic heterocycles. The molecule has 0 spiro atoms. The van der Waals surface area contributed by atoms with Gasteiger partial charge in [-0.3, -0.25) is 14.2 Å². The van der Waals surface area contributed by atoms with Crippen LogP contribution < -0.4 is 10.9 Å². The topological polar surface area (TPSA) is 64.0 Å². The molecule has 4 rings (SSSR count). The van der Waals surface area contributed by atoms with Crippen molar-refractivity contribution in [2.75, 3.05) is 0 Å².